The number of hydrazone groups is 1. The van der Waals surface area contributed by atoms with E-state index in [1.807, 2.05) is 0 Å². The van der Waals surface area contributed by atoms with Crippen molar-refractivity contribution in [1.29, 1.82) is 0 Å². The van der Waals surface area contributed by atoms with Crippen molar-refractivity contribution in [1.82, 2.24) is 10.7 Å². The summed E-state index contributed by atoms with van der Waals surface area (Å²) in [5.74, 6) is -0.213. The summed E-state index contributed by atoms with van der Waals surface area (Å²) in [5, 5.41) is 16.7. The van der Waals surface area contributed by atoms with Crippen LogP contribution in [0.3, 0.4) is 0 Å². The number of phenolic OH excluding ortho intramolecular Hbond substituents is 1. The molecule has 0 saturated carbocycles. The average Bonchev–Trinajstić information content (AvgIpc) is 3.30. The molecule has 8 nitrogen and oxygen atoms in total. The summed E-state index contributed by atoms with van der Waals surface area (Å²) in [6.07, 6.45) is 2.72. The molecule has 0 spiro atoms. The van der Waals surface area contributed by atoms with Crippen molar-refractivity contribution in [3.05, 3.63) is 92.5 Å². The zero-order chi connectivity index (χ0) is 24.1. The molecule has 0 unspecified atom stereocenters. The number of amides is 2. The second-order valence-corrected chi connectivity index (χ2v) is 8.34. The van der Waals surface area contributed by atoms with E-state index in [1.54, 1.807) is 54.6 Å². The van der Waals surface area contributed by atoms with Crippen molar-refractivity contribution in [2.75, 3.05) is 6.79 Å². The van der Waals surface area contributed by atoms with Crippen molar-refractivity contribution >= 4 is 51.6 Å². The van der Waals surface area contributed by atoms with E-state index in [9.17, 15) is 14.7 Å². The lowest BCUT2D eigenvalue weighted by atomic mass is 10.1. The normalized spacial score (nSPS) is 12.6. The summed E-state index contributed by atoms with van der Waals surface area (Å²) >= 11 is 9.23. The SMILES string of the molecule is O=C(N/N=C\c1cc(Br)cc(Cl)c1O)/C(=C\c1ccc2c(c1)OCO2)NC(=O)c1ccccc1. The van der Waals surface area contributed by atoms with Gasteiger partial charge in [-0.05, 0) is 48.0 Å². The third kappa shape index (κ3) is 5.56. The molecule has 34 heavy (non-hydrogen) atoms. The molecule has 3 aromatic carbocycles. The van der Waals surface area contributed by atoms with Crippen LogP contribution in [0.25, 0.3) is 6.08 Å². The predicted molar refractivity (Wildman–Crippen MR) is 131 cm³/mol. The quantitative estimate of drug-likeness (QED) is 0.242. The number of halogens is 2. The van der Waals surface area contributed by atoms with Gasteiger partial charge in [-0.25, -0.2) is 5.43 Å². The first-order chi connectivity index (χ1) is 16.4. The van der Waals surface area contributed by atoms with Gasteiger partial charge >= 0.3 is 0 Å². The number of carbonyl (C=O) groups is 2. The highest BCUT2D eigenvalue weighted by molar-refractivity contribution is 9.10. The third-order valence-corrected chi connectivity index (χ3v) is 5.41. The van der Waals surface area contributed by atoms with Crippen LogP contribution in [0.5, 0.6) is 17.2 Å². The van der Waals surface area contributed by atoms with Crippen LogP contribution in [0.2, 0.25) is 5.02 Å². The van der Waals surface area contributed by atoms with Crippen LogP contribution in [-0.4, -0.2) is 29.9 Å². The Morgan fingerprint density at radius 2 is 1.82 bits per heavy atom. The maximum absolute atomic E-state index is 12.9. The topological polar surface area (TPSA) is 109 Å². The Morgan fingerprint density at radius 1 is 1.06 bits per heavy atom. The number of benzene rings is 3. The van der Waals surface area contributed by atoms with Crippen LogP contribution in [0.15, 0.2) is 75.9 Å². The van der Waals surface area contributed by atoms with Gasteiger partial charge in [0, 0.05) is 15.6 Å². The van der Waals surface area contributed by atoms with Crippen molar-refractivity contribution < 1.29 is 24.2 Å². The Bertz CT molecular complexity index is 1310. The van der Waals surface area contributed by atoms with Crippen LogP contribution in [0.1, 0.15) is 21.5 Å². The van der Waals surface area contributed by atoms with E-state index in [0.717, 1.165) is 0 Å². The van der Waals surface area contributed by atoms with Gasteiger partial charge in [0.15, 0.2) is 11.5 Å². The molecule has 172 valence electrons. The summed E-state index contributed by atoms with van der Waals surface area (Å²) < 4.78 is 11.3. The maximum atomic E-state index is 12.9. The Balaban J connectivity index is 1.58. The number of ether oxygens (including phenoxy) is 2. The van der Waals surface area contributed by atoms with Gasteiger partial charge in [-0.1, -0.05) is 51.8 Å². The second-order valence-electron chi connectivity index (χ2n) is 7.02. The van der Waals surface area contributed by atoms with E-state index in [4.69, 9.17) is 21.1 Å². The van der Waals surface area contributed by atoms with E-state index < -0.39 is 11.8 Å². The van der Waals surface area contributed by atoms with Gasteiger partial charge in [-0.2, -0.15) is 5.10 Å². The maximum Gasteiger partial charge on any atom is 0.287 e. The molecule has 4 rings (SSSR count). The molecule has 1 heterocycles. The van der Waals surface area contributed by atoms with Gasteiger partial charge in [0.25, 0.3) is 11.8 Å². The standard InChI is InChI=1S/C24H17BrClN3O5/c25-17-10-16(22(30)18(26)11-17)12-27-29-24(32)19(28-23(31)15-4-2-1-3-5-15)8-14-6-7-20-21(9-14)34-13-33-20/h1-12,30H,13H2,(H,28,31)(H,29,32)/b19-8+,27-12-. The van der Waals surface area contributed by atoms with Crippen LogP contribution in [0.4, 0.5) is 0 Å². The van der Waals surface area contributed by atoms with Crippen molar-refractivity contribution in [3.8, 4) is 17.2 Å². The zero-order valence-electron chi connectivity index (χ0n) is 17.4. The number of nitrogens with zero attached hydrogens (tertiary/aromatic N) is 1. The summed E-state index contributed by atoms with van der Waals surface area (Å²) in [7, 11) is 0. The highest BCUT2D eigenvalue weighted by Gasteiger charge is 2.17. The molecule has 0 atom stereocenters. The zero-order valence-corrected chi connectivity index (χ0v) is 19.8. The summed E-state index contributed by atoms with van der Waals surface area (Å²) in [6, 6.07) is 16.7. The van der Waals surface area contributed by atoms with Crippen LogP contribution in [0, 0.1) is 0 Å². The molecule has 3 N–H and O–H groups in total. The molecule has 2 amide bonds. The van der Waals surface area contributed by atoms with Gasteiger partial charge in [-0.15, -0.1) is 0 Å². The second kappa shape index (κ2) is 10.4. The Hall–Kier alpha value is -3.82. The van der Waals surface area contributed by atoms with E-state index in [2.05, 4.69) is 31.8 Å². The molecule has 0 saturated heterocycles. The number of fused-ring (bicyclic) bond motifs is 1. The summed E-state index contributed by atoms with van der Waals surface area (Å²) in [4.78, 5) is 25.6. The minimum atomic E-state index is -0.682. The fourth-order valence-corrected chi connectivity index (χ4v) is 3.85. The van der Waals surface area contributed by atoms with E-state index in [-0.39, 0.29) is 28.8 Å². The predicted octanol–water partition coefficient (Wildman–Crippen LogP) is 4.46. The van der Waals surface area contributed by atoms with Crippen LogP contribution in [-0.2, 0) is 4.79 Å². The first-order valence-corrected chi connectivity index (χ1v) is 11.1. The summed E-state index contributed by atoms with van der Waals surface area (Å²) in [6.45, 7) is 0.113. The van der Waals surface area contributed by atoms with Gasteiger partial charge in [0.2, 0.25) is 6.79 Å². The highest BCUT2D eigenvalue weighted by atomic mass is 79.9. The van der Waals surface area contributed by atoms with Crippen molar-refractivity contribution in [3.63, 3.8) is 0 Å². The van der Waals surface area contributed by atoms with Gasteiger partial charge in [0.1, 0.15) is 11.4 Å². The first-order valence-electron chi connectivity index (χ1n) is 9.90. The number of nitrogens with one attached hydrogen (secondary N) is 2. The minimum Gasteiger partial charge on any atom is -0.506 e. The third-order valence-electron chi connectivity index (χ3n) is 4.66. The number of hydrogen-bond donors (Lipinski definition) is 3. The first kappa shape index (κ1) is 23.3. The number of phenols is 1. The fraction of sp³-hybridized carbons (Fsp3) is 0.0417. The summed E-state index contributed by atoms with van der Waals surface area (Å²) in [5.41, 5.74) is 3.56. The largest absolute Gasteiger partial charge is 0.506 e. The Morgan fingerprint density at radius 3 is 2.62 bits per heavy atom. The van der Waals surface area contributed by atoms with Crippen molar-refractivity contribution in [2.24, 2.45) is 5.10 Å². The molecule has 0 aromatic heterocycles. The lowest BCUT2D eigenvalue weighted by Crippen LogP contribution is -2.32. The van der Waals surface area contributed by atoms with Gasteiger partial charge in [-0.3, -0.25) is 9.59 Å². The lowest BCUT2D eigenvalue weighted by Gasteiger charge is -2.09. The molecule has 3 aromatic rings. The molecule has 10 heteroatoms. The Labute approximate surface area is 208 Å². The highest BCUT2D eigenvalue weighted by Crippen LogP contribution is 2.33. The van der Waals surface area contributed by atoms with E-state index in [0.29, 0.717) is 27.1 Å². The molecule has 1 aliphatic heterocycles. The number of aromatic hydroxyl groups is 1. The number of rotatable bonds is 6. The average molecular weight is 543 g/mol. The molecule has 0 fully saturated rings. The van der Waals surface area contributed by atoms with Crippen LogP contribution >= 0.6 is 27.5 Å². The molecular weight excluding hydrogens is 526 g/mol. The van der Waals surface area contributed by atoms with Crippen molar-refractivity contribution in [2.45, 2.75) is 0 Å². The van der Waals surface area contributed by atoms with E-state index >= 15 is 0 Å². The smallest absolute Gasteiger partial charge is 0.287 e. The Kier molecular flexibility index (Phi) is 7.15. The van der Waals surface area contributed by atoms with Gasteiger partial charge < -0.3 is 19.9 Å². The molecule has 0 bridgehead atoms. The fourth-order valence-electron chi connectivity index (χ4n) is 3.02. The van der Waals surface area contributed by atoms with Gasteiger partial charge in [0.05, 0.1) is 11.2 Å². The molecular formula is C24H17BrClN3O5. The number of carbonyl (C=O) groups excluding carboxylic acids is 2. The lowest BCUT2D eigenvalue weighted by molar-refractivity contribution is -0.117. The van der Waals surface area contributed by atoms with E-state index in [1.165, 1.54) is 18.4 Å². The minimum absolute atomic E-state index is 0.0543. The van der Waals surface area contributed by atoms with Crippen LogP contribution < -0.4 is 20.2 Å². The number of hydrogen-bond acceptors (Lipinski definition) is 6. The molecule has 1 aliphatic rings. The monoisotopic (exact) mass is 541 g/mol. The molecule has 0 aliphatic carbocycles. The molecule has 0 radical (unpaired) electrons.